The van der Waals surface area contributed by atoms with Crippen LogP contribution in [0.3, 0.4) is 0 Å². The average molecular weight is 232 g/mol. The SMILES string of the molecule is CC(NC(=O)c1n[nH]c2ccccc12)C(N)=O. The number of aromatic nitrogens is 2. The predicted molar refractivity (Wildman–Crippen MR) is 62.2 cm³/mol. The zero-order valence-electron chi connectivity index (χ0n) is 9.23. The molecular weight excluding hydrogens is 220 g/mol. The van der Waals surface area contributed by atoms with Crippen molar-refractivity contribution in [1.29, 1.82) is 0 Å². The molecule has 2 aromatic rings. The van der Waals surface area contributed by atoms with Gasteiger partial charge in [0, 0.05) is 5.39 Å². The van der Waals surface area contributed by atoms with Crippen molar-refractivity contribution in [3.63, 3.8) is 0 Å². The van der Waals surface area contributed by atoms with Crippen LogP contribution in [-0.4, -0.2) is 28.1 Å². The van der Waals surface area contributed by atoms with Gasteiger partial charge in [-0.2, -0.15) is 5.10 Å². The van der Waals surface area contributed by atoms with Gasteiger partial charge in [0.25, 0.3) is 5.91 Å². The summed E-state index contributed by atoms with van der Waals surface area (Å²) >= 11 is 0. The summed E-state index contributed by atoms with van der Waals surface area (Å²) in [7, 11) is 0. The minimum Gasteiger partial charge on any atom is -0.368 e. The molecule has 6 heteroatoms. The van der Waals surface area contributed by atoms with E-state index in [1.54, 1.807) is 6.07 Å². The molecule has 1 aromatic carbocycles. The molecule has 2 amide bonds. The molecule has 0 radical (unpaired) electrons. The highest BCUT2D eigenvalue weighted by Gasteiger charge is 2.17. The van der Waals surface area contributed by atoms with Crippen LogP contribution in [-0.2, 0) is 4.79 Å². The maximum Gasteiger partial charge on any atom is 0.273 e. The van der Waals surface area contributed by atoms with Gasteiger partial charge < -0.3 is 11.1 Å². The lowest BCUT2D eigenvalue weighted by Crippen LogP contribution is -2.42. The maximum absolute atomic E-state index is 11.8. The van der Waals surface area contributed by atoms with E-state index in [0.717, 1.165) is 5.52 Å². The van der Waals surface area contributed by atoms with Crippen LogP contribution in [0.1, 0.15) is 17.4 Å². The molecule has 0 aliphatic carbocycles. The normalized spacial score (nSPS) is 12.3. The Morgan fingerprint density at radius 3 is 2.82 bits per heavy atom. The fourth-order valence-corrected chi connectivity index (χ4v) is 1.47. The number of hydrogen-bond donors (Lipinski definition) is 3. The molecule has 4 N–H and O–H groups in total. The molecular formula is C11H12N4O2. The topological polar surface area (TPSA) is 101 Å². The molecule has 2 rings (SSSR count). The predicted octanol–water partition coefficient (Wildman–Crippen LogP) is 0.167. The summed E-state index contributed by atoms with van der Waals surface area (Å²) in [5.41, 5.74) is 6.09. The summed E-state index contributed by atoms with van der Waals surface area (Å²) in [5, 5.41) is 9.85. The Balaban J connectivity index is 2.28. The number of carbonyl (C=O) groups is 2. The molecule has 0 fully saturated rings. The minimum absolute atomic E-state index is 0.258. The third-order valence-electron chi connectivity index (χ3n) is 2.46. The first kappa shape index (κ1) is 11.1. The highest BCUT2D eigenvalue weighted by molar-refractivity contribution is 6.05. The number of H-pyrrole nitrogens is 1. The van der Waals surface area contributed by atoms with Gasteiger partial charge in [-0.3, -0.25) is 14.7 Å². The number of aromatic amines is 1. The van der Waals surface area contributed by atoms with Gasteiger partial charge in [-0.15, -0.1) is 0 Å². The molecule has 6 nitrogen and oxygen atoms in total. The number of nitrogens with one attached hydrogen (secondary N) is 2. The number of nitrogens with two attached hydrogens (primary N) is 1. The van der Waals surface area contributed by atoms with Gasteiger partial charge in [0.2, 0.25) is 5.91 Å². The summed E-state index contributed by atoms with van der Waals surface area (Å²) in [6.45, 7) is 1.52. The Kier molecular flexibility index (Phi) is 2.78. The van der Waals surface area contributed by atoms with Crippen molar-refractivity contribution >= 4 is 22.7 Å². The van der Waals surface area contributed by atoms with Gasteiger partial charge in [-0.05, 0) is 13.0 Å². The number of amides is 2. The largest absolute Gasteiger partial charge is 0.368 e. The zero-order valence-corrected chi connectivity index (χ0v) is 9.23. The van der Waals surface area contributed by atoms with Crippen LogP contribution in [0.4, 0.5) is 0 Å². The van der Waals surface area contributed by atoms with Gasteiger partial charge in [0.05, 0.1) is 5.52 Å². The molecule has 1 atom stereocenters. The van der Waals surface area contributed by atoms with E-state index in [0.29, 0.717) is 5.39 Å². The summed E-state index contributed by atoms with van der Waals surface area (Å²) in [6, 6.07) is 6.53. The molecule has 88 valence electrons. The van der Waals surface area contributed by atoms with Crippen LogP contribution in [0, 0.1) is 0 Å². The van der Waals surface area contributed by atoms with Crippen molar-refractivity contribution in [1.82, 2.24) is 15.5 Å². The van der Waals surface area contributed by atoms with Gasteiger partial charge in [-0.1, -0.05) is 18.2 Å². The number of carbonyl (C=O) groups excluding carboxylic acids is 2. The third kappa shape index (κ3) is 2.10. The zero-order chi connectivity index (χ0) is 12.4. The van der Waals surface area contributed by atoms with E-state index in [1.165, 1.54) is 6.92 Å². The fourth-order valence-electron chi connectivity index (χ4n) is 1.47. The molecule has 1 unspecified atom stereocenters. The van der Waals surface area contributed by atoms with E-state index in [1.807, 2.05) is 18.2 Å². The lowest BCUT2D eigenvalue weighted by molar-refractivity contribution is -0.119. The molecule has 1 heterocycles. The summed E-state index contributed by atoms with van der Waals surface area (Å²) in [5.74, 6) is -1.01. The van der Waals surface area contributed by atoms with Crippen molar-refractivity contribution in [2.24, 2.45) is 5.73 Å². The smallest absolute Gasteiger partial charge is 0.273 e. The Morgan fingerprint density at radius 2 is 2.12 bits per heavy atom. The van der Waals surface area contributed by atoms with Crippen LogP contribution >= 0.6 is 0 Å². The monoisotopic (exact) mass is 232 g/mol. The summed E-state index contributed by atoms with van der Waals surface area (Å²) in [6.07, 6.45) is 0. The van der Waals surface area contributed by atoms with Crippen LogP contribution < -0.4 is 11.1 Å². The number of rotatable bonds is 3. The van der Waals surface area contributed by atoms with Crippen molar-refractivity contribution in [3.05, 3.63) is 30.0 Å². The number of para-hydroxylation sites is 1. The van der Waals surface area contributed by atoms with E-state index >= 15 is 0 Å². The number of benzene rings is 1. The Morgan fingerprint density at radius 1 is 1.41 bits per heavy atom. The maximum atomic E-state index is 11.8. The quantitative estimate of drug-likeness (QED) is 0.702. The number of fused-ring (bicyclic) bond motifs is 1. The molecule has 0 aliphatic rings. The minimum atomic E-state index is -0.724. The molecule has 0 saturated heterocycles. The number of hydrogen-bond acceptors (Lipinski definition) is 3. The van der Waals surface area contributed by atoms with Crippen LogP contribution in [0.25, 0.3) is 10.9 Å². The van der Waals surface area contributed by atoms with E-state index < -0.39 is 17.9 Å². The first-order chi connectivity index (χ1) is 8.09. The molecule has 17 heavy (non-hydrogen) atoms. The Hall–Kier alpha value is -2.37. The molecule has 0 saturated carbocycles. The Labute approximate surface area is 97.2 Å². The Bertz CT molecular complexity index is 576. The van der Waals surface area contributed by atoms with Crippen molar-refractivity contribution < 1.29 is 9.59 Å². The van der Waals surface area contributed by atoms with Gasteiger partial charge >= 0.3 is 0 Å². The molecule has 0 aliphatic heterocycles. The van der Waals surface area contributed by atoms with E-state index in [4.69, 9.17) is 5.73 Å². The highest BCUT2D eigenvalue weighted by Crippen LogP contribution is 2.14. The molecule has 0 bridgehead atoms. The van der Waals surface area contributed by atoms with E-state index in [9.17, 15) is 9.59 Å². The van der Waals surface area contributed by atoms with Crippen LogP contribution in [0.5, 0.6) is 0 Å². The first-order valence-electron chi connectivity index (χ1n) is 5.13. The second kappa shape index (κ2) is 4.25. The van der Waals surface area contributed by atoms with Gasteiger partial charge in [0.1, 0.15) is 6.04 Å². The molecule has 1 aromatic heterocycles. The number of primary amides is 1. The van der Waals surface area contributed by atoms with Gasteiger partial charge in [-0.25, -0.2) is 0 Å². The lowest BCUT2D eigenvalue weighted by Gasteiger charge is -2.08. The van der Waals surface area contributed by atoms with Crippen molar-refractivity contribution in [2.45, 2.75) is 13.0 Å². The van der Waals surface area contributed by atoms with Crippen molar-refractivity contribution in [2.75, 3.05) is 0 Å². The highest BCUT2D eigenvalue weighted by atomic mass is 16.2. The van der Waals surface area contributed by atoms with E-state index in [-0.39, 0.29) is 5.69 Å². The van der Waals surface area contributed by atoms with Crippen LogP contribution in [0.2, 0.25) is 0 Å². The summed E-state index contributed by atoms with van der Waals surface area (Å²) < 4.78 is 0. The molecule has 0 spiro atoms. The lowest BCUT2D eigenvalue weighted by atomic mass is 10.2. The summed E-state index contributed by atoms with van der Waals surface area (Å²) in [4.78, 5) is 22.7. The number of nitrogens with zero attached hydrogens (tertiary/aromatic N) is 1. The van der Waals surface area contributed by atoms with E-state index in [2.05, 4.69) is 15.5 Å². The second-order valence-electron chi connectivity index (χ2n) is 3.72. The fraction of sp³-hybridized carbons (Fsp3) is 0.182. The van der Waals surface area contributed by atoms with Crippen molar-refractivity contribution in [3.8, 4) is 0 Å². The standard InChI is InChI=1S/C11H12N4O2/c1-6(10(12)16)13-11(17)9-7-4-2-3-5-8(7)14-15-9/h2-6H,1H3,(H2,12,16)(H,13,17)(H,14,15). The third-order valence-corrected chi connectivity index (χ3v) is 2.46. The average Bonchev–Trinajstić information content (AvgIpc) is 2.72. The first-order valence-corrected chi connectivity index (χ1v) is 5.13. The second-order valence-corrected chi connectivity index (χ2v) is 3.72. The van der Waals surface area contributed by atoms with Crippen LogP contribution in [0.15, 0.2) is 24.3 Å². The van der Waals surface area contributed by atoms with Gasteiger partial charge in [0.15, 0.2) is 5.69 Å².